The molecule has 0 spiro atoms. The summed E-state index contributed by atoms with van der Waals surface area (Å²) in [4.78, 5) is 14.4. The number of amides is 1. The van der Waals surface area contributed by atoms with Crippen molar-refractivity contribution in [2.45, 2.75) is 79.7 Å². The predicted octanol–water partition coefficient (Wildman–Crippen LogP) is 6.46. The van der Waals surface area contributed by atoms with E-state index >= 15 is 0 Å². The fraction of sp³-hybridized carbons (Fsp3) is 0.625. The summed E-state index contributed by atoms with van der Waals surface area (Å²) in [5.41, 5.74) is 2.66. The van der Waals surface area contributed by atoms with Gasteiger partial charge in [0, 0.05) is 6.54 Å². The van der Waals surface area contributed by atoms with Crippen molar-refractivity contribution in [1.29, 1.82) is 0 Å². The third-order valence-corrected chi connectivity index (χ3v) is 5.43. The zero-order chi connectivity index (χ0) is 19.5. The smallest absolute Gasteiger partial charge is 0.228 e. The molecule has 2 nitrogen and oxygen atoms in total. The zero-order valence-electron chi connectivity index (χ0n) is 17.8. The van der Waals surface area contributed by atoms with Crippen molar-refractivity contribution in [2.24, 2.45) is 11.8 Å². The Morgan fingerprint density at radius 2 is 1.88 bits per heavy atom. The van der Waals surface area contributed by atoms with Gasteiger partial charge in [0.15, 0.2) is 0 Å². The van der Waals surface area contributed by atoms with Gasteiger partial charge in [-0.15, -0.1) is 0 Å². The molecule has 0 aromatic rings. The minimum Gasteiger partial charge on any atom is -0.331 e. The highest BCUT2D eigenvalue weighted by molar-refractivity contribution is 5.87. The molecule has 3 atom stereocenters. The molecule has 0 saturated carbocycles. The van der Waals surface area contributed by atoms with Crippen molar-refractivity contribution in [1.82, 2.24) is 4.90 Å². The van der Waals surface area contributed by atoms with Crippen molar-refractivity contribution >= 4 is 5.91 Å². The Kier molecular flexibility index (Phi) is 10.3. The summed E-state index contributed by atoms with van der Waals surface area (Å²) in [6, 6.07) is 0.221. The number of allylic oxidation sites excluding steroid dienone is 5. The molecule has 0 aromatic carbocycles. The molecule has 0 N–H and O–H groups in total. The Morgan fingerprint density at radius 3 is 2.46 bits per heavy atom. The second kappa shape index (κ2) is 11.9. The lowest BCUT2D eigenvalue weighted by Gasteiger charge is -2.46. The number of β-lactam (4-membered cyclic amide) rings is 1. The van der Waals surface area contributed by atoms with Gasteiger partial charge in [0.2, 0.25) is 5.91 Å². The summed E-state index contributed by atoms with van der Waals surface area (Å²) < 4.78 is 0. The van der Waals surface area contributed by atoms with Crippen molar-refractivity contribution in [3.63, 3.8) is 0 Å². The SMILES string of the molecule is CC=C(C=CCC)C1C(C)C(=O)N1CC=CC(=CCC)CCC(C)CC. The van der Waals surface area contributed by atoms with Gasteiger partial charge >= 0.3 is 0 Å². The summed E-state index contributed by atoms with van der Waals surface area (Å²) in [7, 11) is 0. The fourth-order valence-electron chi connectivity index (χ4n) is 3.46. The average Bonchev–Trinajstić information content (AvgIpc) is 2.66. The Balaban J connectivity index is 2.72. The van der Waals surface area contributed by atoms with E-state index in [-0.39, 0.29) is 17.9 Å². The van der Waals surface area contributed by atoms with Crippen molar-refractivity contribution in [3.8, 4) is 0 Å². The fourth-order valence-corrected chi connectivity index (χ4v) is 3.46. The first kappa shape index (κ1) is 22.5. The summed E-state index contributed by atoms with van der Waals surface area (Å²) in [6.45, 7) is 13.7. The van der Waals surface area contributed by atoms with Gasteiger partial charge in [-0.05, 0) is 44.1 Å². The molecule has 0 aromatic heterocycles. The molecule has 1 aliphatic heterocycles. The number of nitrogens with zero attached hydrogens (tertiary/aromatic N) is 1. The van der Waals surface area contributed by atoms with Crippen molar-refractivity contribution in [2.75, 3.05) is 6.54 Å². The molecule has 0 bridgehead atoms. The number of rotatable bonds is 11. The van der Waals surface area contributed by atoms with E-state index in [1.54, 1.807) is 0 Å². The minimum absolute atomic E-state index is 0.0900. The van der Waals surface area contributed by atoms with Crippen LogP contribution < -0.4 is 0 Å². The van der Waals surface area contributed by atoms with Crippen LogP contribution in [0.4, 0.5) is 0 Å². The first-order valence-corrected chi connectivity index (χ1v) is 10.5. The molecular weight excluding hydrogens is 318 g/mol. The van der Waals surface area contributed by atoms with Crippen LogP contribution in [0.2, 0.25) is 0 Å². The lowest BCUT2D eigenvalue weighted by Crippen LogP contribution is -2.60. The first-order valence-electron chi connectivity index (χ1n) is 10.5. The van der Waals surface area contributed by atoms with Gasteiger partial charge in [0.25, 0.3) is 0 Å². The largest absolute Gasteiger partial charge is 0.331 e. The van der Waals surface area contributed by atoms with E-state index in [2.05, 4.69) is 71.1 Å². The normalized spacial score (nSPS) is 23.2. The molecule has 1 fully saturated rings. The van der Waals surface area contributed by atoms with Gasteiger partial charge in [0.05, 0.1) is 12.0 Å². The maximum atomic E-state index is 12.3. The minimum atomic E-state index is 0.0900. The highest BCUT2D eigenvalue weighted by Gasteiger charge is 2.44. The van der Waals surface area contributed by atoms with Crippen LogP contribution in [0.1, 0.15) is 73.6 Å². The Hall–Kier alpha value is -1.57. The quantitative estimate of drug-likeness (QED) is 0.307. The third-order valence-electron chi connectivity index (χ3n) is 5.43. The summed E-state index contributed by atoms with van der Waals surface area (Å²) in [5, 5.41) is 0. The van der Waals surface area contributed by atoms with Crippen LogP contribution in [-0.4, -0.2) is 23.4 Å². The first-order chi connectivity index (χ1) is 12.5. The number of likely N-dealkylation sites (tertiary alicyclic amines) is 1. The molecule has 26 heavy (non-hydrogen) atoms. The highest BCUT2D eigenvalue weighted by atomic mass is 16.2. The van der Waals surface area contributed by atoms with Crippen LogP contribution in [0, 0.1) is 11.8 Å². The second-order valence-corrected chi connectivity index (χ2v) is 7.47. The van der Waals surface area contributed by atoms with Gasteiger partial charge in [-0.2, -0.15) is 0 Å². The van der Waals surface area contributed by atoms with E-state index in [9.17, 15) is 4.79 Å². The molecule has 1 saturated heterocycles. The van der Waals surface area contributed by atoms with Gasteiger partial charge in [0.1, 0.15) is 0 Å². The maximum Gasteiger partial charge on any atom is 0.228 e. The Bertz CT molecular complexity index is 553. The van der Waals surface area contributed by atoms with Crippen LogP contribution in [0.5, 0.6) is 0 Å². The standard InChI is InChI=1S/C24H39NO/c1-7-11-15-22(10-4)23-20(6)24(26)25(23)18-12-14-21(13-8-2)17-16-19(5)9-3/h10-15,19-20,23H,7-9,16-18H2,1-6H3. The lowest BCUT2D eigenvalue weighted by atomic mass is 9.83. The molecule has 1 amide bonds. The second-order valence-electron chi connectivity index (χ2n) is 7.47. The maximum absolute atomic E-state index is 12.3. The van der Waals surface area contributed by atoms with Crippen LogP contribution in [0.15, 0.2) is 47.6 Å². The summed E-state index contributed by atoms with van der Waals surface area (Å²) >= 11 is 0. The van der Waals surface area contributed by atoms with E-state index in [1.807, 2.05) is 11.8 Å². The molecule has 0 radical (unpaired) electrons. The van der Waals surface area contributed by atoms with Crippen LogP contribution in [-0.2, 0) is 4.79 Å². The molecule has 1 rings (SSSR count). The van der Waals surface area contributed by atoms with Gasteiger partial charge in [-0.1, -0.05) is 83.1 Å². The van der Waals surface area contributed by atoms with Crippen molar-refractivity contribution in [3.05, 3.63) is 47.6 Å². The van der Waals surface area contributed by atoms with Crippen LogP contribution in [0.25, 0.3) is 0 Å². The molecule has 2 heteroatoms. The highest BCUT2D eigenvalue weighted by Crippen LogP contribution is 2.32. The average molecular weight is 358 g/mol. The number of carbonyl (C=O) groups is 1. The molecule has 146 valence electrons. The number of hydrogen-bond acceptors (Lipinski definition) is 1. The summed E-state index contributed by atoms with van der Waals surface area (Å²) in [5.74, 6) is 1.13. The number of hydrogen-bond donors (Lipinski definition) is 0. The van der Waals surface area contributed by atoms with E-state index in [0.29, 0.717) is 6.54 Å². The molecule has 1 heterocycles. The van der Waals surface area contributed by atoms with E-state index in [4.69, 9.17) is 0 Å². The number of carbonyl (C=O) groups excluding carboxylic acids is 1. The summed E-state index contributed by atoms with van der Waals surface area (Å²) in [6.07, 6.45) is 18.9. The van der Waals surface area contributed by atoms with Crippen LogP contribution in [0.3, 0.4) is 0 Å². The van der Waals surface area contributed by atoms with Crippen molar-refractivity contribution < 1.29 is 4.79 Å². The van der Waals surface area contributed by atoms with E-state index in [0.717, 1.165) is 25.2 Å². The van der Waals surface area contributed by atoms with Crippen LogP contribution >= 0.6 is 0 Å². The van der Waals surface area contributed by atoms with E-state index in [1.165, 1.54) is 24.0 Å². The zero-order valence-corrected chi connectivity index (χ0v) is 17.8. The Morgan fingerprint density at radius 1 is 1.15 bits per heavy atom. The van der Waals surface area contributed by atoms with E-state index < -0.39 is 0 Å². The molecule has 1 aliphatic rings. The lowest BCUT2D eigenvalue weighted by molar-refractivity contribution is -0.151. The molecular formula is C24H39NO. The predicted molar refractivity (Wildman–Crippen MR) is 114 cm³/mol. The van der Waals surface area contributed by atoms with Gasteiger partial charge in [-0.3, -0.25) is 4.79 Å². The monoisotopic (exact) mass is 357 g/mol. The topological polar surface area (TPSA) is 20.3 Å². The molecule has 0 aliphatic carbocycles. The Labute approximate surface area is 161 Å². The van der Waals surface area contributed by atoms with Gasteiger partial charge < -0.3 is 4.90 Å². The third kappa shape index (κ3) is 6.30. The molecule has 3 unspecified atom stereocenters. The van der Waals surface area contributed by atoms with Gasteiger partial charge in [-0.25, -0.2) is 0 Å².